The van der Waals surface area contributed by atoms with Gasteiger partial charge in [0.2, 0.25) is 0 Å². The summed E-state index contributed by atoms with van der Waals surface area (Å²) in [5, 5.41) is 8.64. The minimum Gasteiger partial charge on any atom is -0.373 e. The van der Waals surface area contributed by atoms with Crippen LogP contribution in [-0.4, -0.2) is 46.2 Å². The Morgan fingerprint density at radius 2 is 1.92 bits per heavy atom. The maximum atomic E-state index is 12.1. The first-order valence-corrected chi connectivity index (χ1v) is 9.48. The predicted octanol–water partition coefficient (Wildman–Crippen LogP) is 2.19. The van der Waals surface area contributed by atoms with Crippen molar-refractivity contribution in [1.82, 2.24) is 15.0 Å². The van der Waals surface area contributed by atoms with Crippen molar-refractivity contribution in [1.29, 1.82) is 0 Å². The Labute approximate surface area is 152 Å². The molecule has 1 saturated carbocycles. The van der Waals surface area contributed by atoms with Gasteiger partial charge in [0.15, 0.2) is 0 Å². The Balaban J connectivity index is 1.25. The molecular weight excluding hydrogens is 330 g/mol. The Kier molecular flexibility index (Phi) is 4.10. The molecule has 5 rings (SSSR count). The van der Waals surface area contributed by atoms with Crippen molar-refractivity contribution >= 4 is 5.78 Å². The number of ketones is 1. The highest BCUT2D eigenvalue weighted by atomic mass is 16.6. The molecule has 3 fully saturated rings. The molecule has 3 heterocycles. The van der Waals surface area contributed by atoms with Gasteiger partial charge in [0.05, 0.1) is 25.0 Å². The van der Waals surface area contributed by atoms with E-state index in [1.54, 1.807) is 0 Å². The molecule has 0 bridgehead atoms. The molecule has 2 aliphatic heterocycles. The van der Waals surface area contributed by atoms with Gasteiger partial charge < -0.3 is 9.47 Å². The van der Waals surface area contributed by atoms with Crippen LogP contribution in [0.25, 0.3) is 0 Å². The largest absolute Gasteiger partial charge is 0.373 e. The number of fused-ring (bicyclic) bond motifs is 1. The fourth-order valence-corrected chi connectivity index (χ4v) is 4.15. The number of aromatic nitrogens is 3. The van der Waals surface area contributed by atoms with E-state index in [0.717, 1.165) is 25.0 Å². The van der Waals surface area contributed by atoms with Gasteiger partial charge in [-0.2, -0.15) is 0 Å². The Hall–Kier alpha value is -2.05. The highest BCUT2D eigenvalue weighted by Gasteiger charge is 2.49. The molecular formula is C20H23N3O3. The molecule has 6 nitrogen and oxygen atoms in total. The van der Waals surface area contributed by atoms with E-state index in [9.17, 15) is 4.79 Å². The number of hydrogen-bond acceptors (Lipinski definition) is 5. The lowest BCUT2D eigenvalue weighted by Crippen LogP contribution is -2.29. The first kappa shape index (κ1) is 16.1. The minimum atomic E-state index is -0.0294. The first-order chi connectivity index (χ1) is 12.8. The van der Waals surface area contributed by atoms with Gasteiger partial charge in [0, 0.05) is 30.9 Å². The molecule has 1 aromatic carbocycles. The number of Topliss-reactive ketones (excluding diaryl/α,β-unsaturated/α-hetero) is 1. The van der Waals surface area contributed by atoms with Crippen LogP contribution in [0.4, 0.5) is 0 Å². The second-order valence-electron chi connectivity index (χ2n) is 7.72. The van der Waals surface area contributed by atoms with Gasteiger partial charge in [-0.3, -0.25) is 4.79 Å². The van der Waals surface area contributed by atoms with Crippen molar-refractivity contribution in [3.63, 3.8) is 0 Å². The molecule has 0 N–H and O–H groups in total. The van der Waals surface area contributed by atoms with Crippen LogP contribution >= 0.6 is 0 Å². The lowest BCUT2D eigenvalue weighted by atomic mass is 9.94. The molecule has 1 aliphatic carbocycles. The van der Waals surface area contributed by atoms with Gasteiger partial charge >= 0.3 is 0 Å². The van der Waals surface area contributed by atoms with Crippen molar-refractivity contribution in [2.24, 2.45) is 11.8 Å². The van der Waals surface area contributed by atoms with E-state index in [2.05, 4.69) is 22.4 Å². The predicted molar refractivity (Wildman–Crippen MR) is 93.6 cm³/mol. The fraction of sp³-hybridized carbons (Fsp3) is 0.550. The molecule has 0 radical (unpaired) electrons. The Morgan fingerprint density at radius 1 is 1.12 bits per heavy atom. The lowest BCUT2D eigenvalue weighted by Gasteiger charge is -2.16. The van der Waals surface area contributed by atoms with Crippen LogP contribution in [0.5, 0.6) is 0 Å². The summed E-state index contributed by atoms with van der Waals surface area (Å²) in [5.74, 6) is 0.879. The summed E-state index contributed by atoms with van der Waals surface area (Å²) in [7, 11) is 0. The van der Waals surface area contributed by atoms with Crippen LogP contribution in [0, 0.1) is 11.8 Å². The van der Waals surface area contributed by atoms with Crippen LogP contribution in [0.1, 0.15) is 36.6 Å². The highest BCUT2D eigenvalue weighted by Crippen LogP contribution is 2.40. The van der Waals surface area contributed by atoms with Crippen molar-refractivity contribution in [2.75, 3.05) is 13.2 Å². The number of carbonyl (C=O) groups is 1. The van der Waals surface area contributed by atoms with Crippen LogP contribution in [0.15, 0.2) is 36.5 Å². The van der Waals surface area contributed by atoms with E-state index >= 15 is 0 Å². The zero-order valence-corrected chi connectivity index (χ0v) is 14.7. The van der Waals surface area contributed by atoms with Crippen LogP contribution in [0.3, 0.4) is 0 Å². The Bertz CT molecular complexity index is 787. The third-order valence-corrected chi connectivity index (χ3v) is 5.75. The normalized spacial score (nSPS) is 30.5. The van der Waals surface area contributed by atoms with Gasteiger partial charge in [-0.25, -0.2) is 4.68 Å². The van der Waals surface area contributed by atoms with Crippen molar-refractivity contribution in [3.05, 3.63) is 47.8 Å². The molecule has 2 aromatic rings. The molecule has 1 aromatic heterocycles. The lowest BCUT2D eigenvalue weighted by molar-refractivity contribution is -0.121. The summed E-state index contributed by atoms with van der Waals surface area (Å²) < 4.78 is 13.9. The first-order valence-electron chi connectivity index (χ1n) is 9.48. The summed E-state index contributed by atoms with van der Waals surface area (Å²) in [6.07, 6.45) is 5.45. The molecule has 4 atom stereocenters. The smallest absolute Gasteiger partial charge is 0.136 e. The number of hydrogen-bond donors (Lipinski definition) is 0. The number of carbonyl (C=O) groups excluding carboxylic acids is 1. The van der Waals surface area contributed by atoms with Gasteiger partial charge in [-0.1, -0.05) is 35.5 Å². The third kappa shape index (κ3) is 3.08. The molecule has 0 amide bonds. The SMILES string of the molecule is O=C(CC1COC2C1OCC2n1cc(Cc2ccccc2)nn1)C1CC1. The number of rotatable bonds is 6. The second kappa shape index (κ2) is 6.59. The van der Waals surface area contributed by atoms with Crippen molar-refractivity contribution in [2.45, 2.75) is 43.9 Å². The molecule has 3 aliphatic rings. The minimum absolute atomic E-state index is 0.00414. The van der Waals surface area contributed by atoms with Crippen LogP contribution in [-0.2, 0) is 20.7 Å². The number of benzene rings is 1. The standard InChI is InChI=1S/C20H23N3O3/c24-18(14-6-7-14)9-15-11-25-20-17(12-26-19(15)20)23-10-16(21-22-23)8-13-4-2-1-3-5-13/h1-5,10,14-15,17,19-20H,6-9,11-12H2. The molecule has 6 heteroatoms. The molecule has 0 spiro atoms. The number of ether oxygens (including phenoxy) is 2. The average molecular weight is 353 g/mol. The average Bonchev–Trinajstić information content (AvgIpc) is 3.08. The molecule has 26 heavy (non-hydrogen) atoms. The van der Waals surface area contributed by atoms with Gasteiger partial charge in [-0.15, -0.1) is 5.10 Å². The highest BCUT2D eigenvalue weighted by molar-refractivity contribution is 5.83. The molecule has 4 unspecified atom stereocenters. The van der Waals surface area contributed by atoms with Crippen LogP contribution in [0.2, 0.25) is 0 Å². The Morgan fingerprint density at radius 3 is 2.73 bits per heavy atom. The van der Waals surface area contributed by atoms with E-state index in [1.807, 2.05) is 29.1 Å². The second-order valence-corrected chi connectivity index (χ2v) is 7.72. The van der Waals surface area contributed by atoms with E-state index in [0.29, 0.717) is 31.3 Å². The summed E-state index contributed by atoms with van der Waals surface area (Å²) in [6, 6.07) is 10.3. The molecule has 2 saturated heterocycles. The maximum Gasteiger partial charge on any atom is 0.136 e. The van der Waals surface area contributed by atoms with E-state index in [-0.39, 0.29) is 24.2 Å². The third-order valence-electron chi connectivity index (χ3n) is 5.75. The quantitative estimate of drug-likeness (QED) is 0.796. The van der Waals surface area contributed by atoms with E-state index < -0.39 is 0 Å². The fourth-order valence-electron chi connectivity index (χ4n) is 4.15. The maximum absolute atomic E-state index is 12.1. The van der Waals surface area contributed by atoms with Crippen LogP contribution < -0.4 is 0 Å². The van der Waals surface area contributed by atoms with E-state index in [4.69, 9.17) is 9.47 Å². The topological polar surface area (TPSA) is 66.2 Å². The van der Waals surface area contributed by atoms with Crippen molar-refractivity contribution < 1.29 is 14.3 Å². The van der Waals surface area contributed by atoms with Gasteiger partial charge in [0.25, 0.3) is 0 Å². The van der Waals surface area contributed by atoms with Crippen molar-refractivity contribution in [3.8, 4) is 0 Å². The molecule has 136 valence electrons. The monoisotopic (exact) mass is 353 g/mol. The zero-order valence-electron chi connectivity index (χ0n) is 14.7. The summed E-state index contributed by atoms with van der Waals surface area (Å²) in [4.78, 5) is 12.1. The van der Waals surface area contributed by atoms with Gasteiger partial charge in [0.1, 0.15) is 17.9 Å². The summed E-state index contributed by atoms with van der Waals surface area (Å²) >= 11 is 0. The van der Waals surface area contributed by atoms with Gasteiger partial charge in [-0.05, 0) is 18.4 Å². The zero-order chi connectivity index (χ0) is 17.5. The van der Waals surface area contributed by atoms with E-state index in [1.165, 1.54) is 5.56 Å². The summed E-state index contributed by atoms with van der Waals surface area (Å²) in [6.45, 7) is 1.17. The summed E-state index contributed by atoms with van der Waals surface area (Å²) in [5.41, 5.74) is 2.16. The number of nitrogens with zero attached hydrogens (tertiary/aromatic N) is 3.